The molecule has 0 spiro atoms. The Hall–Kier alpha value is -3.86. The summed E-state index contributed by atoms with van der Waals surface area (Å²) < 4.78 is 5.09. The third-order valence-corrected chi connectivity index (χ3v) is 6.83. The zero-order valence-corrected chi connectivity index (χ0v) is 19.3. The number of benzene rings is 2. The van der Waals surface area contributed by atoms with Gasteiger partial charge in [0.15, 0.2) is 5.78 Å². The molecule has 1 fully saturated rings. The van der Waals surface area contributed by atoms with E-state index in [1.165, 1.54) is 31.4 Å². The standard InChI is InChI=1S/C26H29N3O5/c1-29-20-11-10-18(14-19(20)28)23(30)26(12-4-3-5-13-26)22(25(33)34-2)21(24(31)32)17-8-6-16(15-27)7-9-17/h6-11,14,21-22,29H,3-5,12-13,28H2,1-2H3,(H,31,32). The van der Waals surface area contributed by atoms with Crippen molar-refractivity contribution in [2.45, 2.75) is 38.0 Å². The molecule has 0 radical (unpaired) electrons. The van der Waals surface area contributed by atoms with Crippen LogP contribution in [-0.4, -0.2) is 37.0 Å². The molecule has 0 saturated heterocycles. The molecule has 0 heterocycles. The van der Waals surface area contributed by atoms with Gasteiger partial charge in [0, 0.05) is 18.0 Å². The molecule has 0 aliphatic heterocycles. The maximum atomic E-state index is 14.1. The van der Waals surface area contributed by atoms with Crippen molar-refractivity contribution in [3.63, 3.8) is 0 Å². The largest absolute Gasteiger partial charge is 0.481 e. The summed E-state index contributed by atoms with van der Waals surface area (Å²) >= 11 is 0. The number of ketones is 1. The number of nitrogens with two attached hydrogens (primary N) is 1. The van der Waals surface area contributed by atoms with Gasteiger partial charge in [-0.15, -0.1) is 0 Å². The van der Waals surface area contributed by atoms with Crippen molar-refractivity contribution in [2.24, 2.45) is 11.3 Å². The molecule has 8 nitrogen and oxygen atoms in total. The number of nitrogens with zero attached hydrogens (tertiary/aromatic N) is 1. The lowest BCUT2D eigenvalue weighted by molar-refractivity contribution is -0.158. The molecule has 178 valence electrons. The molecule has 1 aliphatic rings. The Kier molecular flexibility index (Phi) is 7.57. The first-order valence-corrected chi connectivity index (χ1v) is 11.2. The molecule has 1 saturated carbocycles. The predicted molar refractivity (Wildman–Crippen MR) is 127 cm³/mol. The number of nitriles is 1. The van der Waals surface area contributed by atoms with Crippen LogP contribution in [0.2, 0.25) is 0 Å². The van der Waals surface area contributed by atoms with E-state index in [0.717, 1.165) is 6.42 Å². The average molecular weight is 464 g/mol. The number of carboxylic acids is 1. The van der Waals surface area contributed by atoms with Gasteiger partial charge in [0.2, 0.25) is 0 Å². The number of ether oxygens (including phenoxy) is 1. The van der Waals surface area contributed by atoms with Crippen LogP contribution in [0.3, 0.4) is 0 Å². The van der Waals surface area contributed by atoms with Crippen LogP contribution in [0.4, 0.5) is 11.4 Å². The van der Waals surface area contributed by atoms with E-state index in [-0.39, 0.29) is 5.78 Å². The van der Waals surface area contributed by atoms with E-state index in [0.29, 0.717) is 53.7 Å². The smallest absolute Gasteiger partial charge is 0.311 e. The van der Waals surface area contributed by atoms with Crippen LogP contribution in [0, 0.1) is 22.7 Å². The lowest BCUT2D eigenvalue weighted by Gasteiger charge is -2.43. The lowest BCUT2D eigenvalue weighted by Crippen LogP contribution is -2.49. The van der Waals surface area contributed by atoms with Gasteiger partial charge in [-0.25, -0.2) is 0 Å². The number of hydrogen-bond donors (Lipinski definition) is 3. The fraction of sp³-hybridized carbons (Fsp3) is 0.385. The lowest BCUT2D eigenvalue weighted by atomic mass is 9.58. The SMILES string of the molecule is CNc1ccc(C(=O)C2(C(C(=O)OC)C(C(=O)O)c3ccc(C#N)cc3)CCCCC2)cc1N. The summed E-state index contributed by atoms with van der Waals surface area (Å²) in [7, 11) is 2.92. The molecule has 0 bridgehead atoms. The highest BCUT2D eigenvalue weighted by Gasteiger charge is 2.55. The summed E-state index contributed by atoms with van der Waals surface area (Å²) in [5.41, 5.74) is 6.92. The van der Waals surface area contributed by atoms with Gasteiger partial charge in [-0.05, 0) is 48.7 Å². The normalized spacial score (nSPS) is 16.5. The van der Waals surface area contributed by atoms with E-state index < -0.39 is 29.2 Å². The van der Waals surface area contributed by atoms with Gasteiger partial charge in [-0.2, -0.15) is 5.26 Å². The Morgan fingerprint density at radius 2 is 1.76 bits per heavy atom. The van der Waals surface area contributed by atoms with Gasteiger partial charge in [-0.3, -0.25) is 14.4 Å². The van der Waals surface area contributed by atoms with Crippen molar-refractivity contribution >= 4 is 29.1 Å². The third kappa shape index (κ3) is 4.60. The molecule has 2 aromatic carbocycles. The number of nitrogens with one attached hydrogen (secondary N) is 1. The number of anilines is 2. The van der Waals surface area contributed by atoms with E-state index >= 15 is 0 Å². The van der Waals surface area contributed by atoms with E-state index in [1.807, 2.05) is 6.07 Å². The van der Waals surface area contributed by atoms with E-state index in [1.54, 1.807) is 25.2 Å². The van der Waals surface area contributed by atoms with Crippen molar-refractivity contribution < 1.29 is 24.2 Å². The van der Waals surface area contributed by atoms with Crippen molar-refractivity contribution in [3.8, 4) is 6.07 Å². The molecule has 0 amide bonds. The number of esters is 1. The molecule has 2 atom stereocenters. The monoisotopic (exact) mass is 463 g/mol. The van der Waals surface area contributed by atoms with E-state index in [9.17, 15) is 19.5 Å². The van der Waals surface area contributed by atoms with Crippen LogP contribution >= 0.6 is 0 Å². The number of carbonyl (C=O) groups is 3. The molecule has 8 heteroatoms. The fourth-order valence-electron chi connectivity index (χ4n) is 5.13. The van der Waals surface area contributed by atoms with E-state index in [4.69, 9.17) is 15.7 Å². The number of rotatable bonds is 8. The number of carbonyl (C=O) groups excluding carboxylic acids is 2. The fourth-order valence-corrected chi connectivity index (χ4v) is 5.13. The number of carboxylic acid groups (broad SMARTS) is 1. The van der Waals surface area contributed by atoms with Gasteiger partial charge < -0.3 is 20.9 Å². The van der Waals surface area contributed by atoms with Crippen LogP contribution in [-0.2, 0) is 14.3 Å². The quantitative estimate of drug-likeness (QED) is 0.303. The van der Waals surface area contributed by atoms with Gasteiger partial charge in [0.1, 0.15) is 0 Å². The van der Waals surface area contributed by atoms with Crippen LogP contribution in [0.5, 0.6) is 0 Å². The molecule has 34 heavy (non-hydrogen) atoms. The van der Waals surface area contributed by atoms with Crippen LogP contribution < -0.4 is 11.1 Å². The minimum Gasteiger partial charge on any atom is -0.481 e. The van der Waals surface area contributed by atoms with Gasteiger partial charge in [0.05, 0.1) is 42.0 Å². The van der Waals surface area contributed by atoms with E-state index in [2.05, 4.69) is 5.32 Å². The average Bonchev–Trinajstić information content (AvgIpc) is 2.86. The summed E-state index contributed by atoms with van der Waals surface area (Å²) in [5, 5.41) is 22.3. The minimum atomic E-state index is -1.32. The summed E-state index contributed by atoms with van der Waals surface area (Å²) in [6.07, 6.45) is 2.98. The summed E-state index contributed by atoms with van der Waals surface area (Å²) in [4.78, 5) is 39.9. The Morgan fingerprint density at radius 3 is 2.26 bits per heavy atom. The maximum Gasteiger partial charge on any atom is 0.311 e. The highest BCUT2D eigenvalue weighted by molar-refractivity contribution is 6.05. The number of Topliss-reactive ketones (excluding diaryl/α,β-unsaturated/α-hetero) is 1. The van der Waals surface area contributed by atoms with Crippen molar-refractivity contribution in [1.29, 1.82) is 5.26 Å². The molecule has 0 aromatic heterocycles. The van der Waals surface area contributed by atoms with Crippen LogP contribution in [0.25, 0.3) is 0 Å². The summed E-state index contributed by atoms with van der Waals surface area (Å²) in [6, 6.07) is 13.0. The zero-order valence-electron chi connectivity index (χ0n) is 19.3. The minimum absolute atomic E-state index is 0.308. The second-order valence-electron chi connectivity index (χ2n) is 8.65. The second-order valence-corrected chi connectivity index (χ2v) is 8.65. The Balaban J connectivity index is 2.19. The molecular formula is C26H29N3O5. The third-order valence-electron chi connectivity index (χ3n) is 6.83. The predicted octanol–water partition coefficient (Wildman–Crippen LogP) is 3.97. The molecule has 1 aliphatic carbocycles. The highest BCUT2D eigenvalue weighted by Crippen LogP contribution is 2.51. The topological polar surface area (TPSA) is 143 Å². The molecular weight excluding hydrogens is 434 g/mol. The van der Waals surface area contributed by atoms with Crippen molar-refractivity contribution in [1.82, 2.24) is 0 Å². The number of aliphatic carboxylic acids is 1. The Labute approximate surface area is 198 Å². The highest BCUT2D eigenvalue weighted by atomic mass is 16.5. The molecule has 4 N–H and O–H groups in total. The van der Waals surface area contributed by atoms with Crippen molar-refractivity contribution in [2.75, 3.05) is 25.2 Å². The molecule has 3 rings (SSSR count). The number of methoxy groups -OCH3 is 1. The van der Waals surface area contributed by atoms with Gasteiger partial charge >= 0.3 is 11.9 Å². The molecule has 2 aromatic rings. The summed E-state index contributed by atoms with van der Waals surface area (Å²) in [6.45, 7) is 0. The Bertz CT molecular complexity index is 1110. The van der Waals surface area contributed by atoms with Gasteiger partial charge in [0.25, 0.3) is 0 Å². The Morgan fingerprint density at radius 1 is 1.12 bits per heavy atom. The first kappa shape index (κ1) is 24.8. The maximum absolute atomic E-state index is 14.1. The van der Waals surface area contributed by atoms with Crippen molar-refractivity contribution in [3.05, 3.63) is 59.2 Å². The number of nitrogen functional groups attached to an aromatic ring is 1. The second kappa shape index (κ2) is 10.4. The first-order valence-electron chi connectivity index (χ1n) is 11.2. The van der Waals surface area contributed by atoms with Crippen LogP contribution in [0.15, 0.2) is 42.5 Å². The zero-order chi connectivity index (χ0) is 24.9. The summed E-state index contributed by atoms with van der Waals surface area (Å²) in [5.74, 6) is -4.86. The van der Waals surface area contributed by atoms with Crippen LogP contribution in [0.1, 0.15) is 59.5 Å². The van der Waals surface area contributed by atoms with Gasteiger partial charge in [-0.1, -0.05) is 31.4 Å². The number of hydrogen-bond acceptors (Lipinski definition) is 7. The first-order chi connectivity index (χ1) is 16.3. The molecule has 2 unspecified atom stereocenters.